The quantitative estimate of drug-likeness (QED) is 0.708. The Labute approximate surface area is 160 Å². The average molecular weight is 382 g/mol. The minimum atomic E-state index is -3.25. The highest BCUT2D eigenvalue weighted by Crippen LogP contribution is 2.40. The fourth-order valence-electron chi connectivity index (χ4n) is 3.26. The van der Waals surface area contributed by atoms with Gasteiger partial charge >= 0.3 is 5.97 Å². The third kappa shape index (κ3) is 4.03. The van der Waals surface area contributed by atoms with Gasteiger partial charge in [-0.2, -0.15) is 0 Å². The maximum absolute atomic E-state index is 11.9. The van der Waals surface area contributed by atoms with E-state index in [-0.39, 0.29) is 5.97 Å². The van der Waals surface area contributed by atoms with Crippen LogP contribution in [0, 0.1) is 0 Å². The number of esters is 1. The number of carbonyl (C=O) groups excluding carboxylic acids is 1. The number of carbonyl (C=O) groups is 1. The average Bonchev–Trinajstić information content (AvgIpc) is 2.97. The molecule has 2 aromatic rings. The smallest absolute Gasteiger partial charge is 0.337 e. The largest absolute Gasteiger partial charge is 0.465 e. The molecule has 0 N–H and O–H groups in total. The number of rotatable bonds is 5. The van der Waals surface area contributed by atoms with Crippen LogP contribution in [0.5, 0.6) is 0 Å². The predicted octanol–water partition coefficient (Wildman–Crippen LogP) is 4.61. The van der Waals surface area contributed by atoms with E-state index in [1.165, 1.54) is 18.9 Å². The lowest BCUT2D eigenvalue weighted by molar-refractivity contribution is 0.0600. The van der Waals surface area contributed by atoms with E-state index < -0.39 is 9.84 Å². The van der Waals surface area contributed by atoms with Crippen molar-refractivity contribution in [3.05, 3.63) is 70.3 Å². The van der Waals surface area contributed by atoms with Crippen LogP contribution in [0.15, 0.2) is 52.9 Å². The number of hydrogen-bond acceptors (Lipinski definition) is 4. The molecule has 0 fully saturated rings. The number of methoxy groups -OCH3 is 1. The number of hydrogen-bond donors (Lipinski definition) is 0. The Bertz CT molecular complexity index is 1060. The number of sulfone groups is 1. The van der Waals surface area contributed by atoms with E-state index in [9.17, 15) is 13.2 Å². The lowest BCUT2D eigenvalue weighted by Gasteiger charge is -2.09. The van der Waals surface area contributed by atoms with E-state index in [1.807, 2.05) is 24.3 Å². The van der Waals surface area contributed by atoms with Gasteiger partial charge in [0.2, 0.25) is 0 Å². The maximum atomic E-state index is 11.9. The first-order chi connectivity index (χ1) is 12.8. The Morgan fingerprint density at radius 2 is 1.93 bits per heavy atom. The van der Waals surface area contributed by atoms with Gasteiger partial charge in [-0.25, -0.2) is 13.2 Å². The molecule has 140 valence electrons. The number of benzene rings is 2. The van der Waals surface area contributed by atoms with Crippen LogP contribution in [0.1, 0.15) is 46.8 Å². The van der Waals surface area contributed by atoms with E-state index in [0.717, 1.165) is 35.1 Å². The molecule has 0 aromatic heterocycles. The van der Waals surface area contributed by atoms with Crippen LogP contribution in [0.25, 0.3) is 17.7 Å². The van der Waals surface area contributed by atoms with Crippen LogP contribution in [-0.2, 0) is 14.6 Å². The fraction of sp³-hybridized carbons (Fsp3) is 0.227. The van der Waals surface area contributed by atoms with Gasteiger partial charge in [0.1, 0.15) is 0 Å². The molecule has 0 heterocycles. The number of allylic oxidation sites excluding steroid dienone is 2. The molecule has 27 heavy (non-hydrogen) atoms. The Balaban J connectivity index is 2.09. The summed E-state index contributed by atoms with van der Waals surface area (Å²) in [6.07, 6.45) is 7.20. The highest BCUT2D eigenvalue weighted by atomic mass is 32.2. The lowest BCUT2D eigenvalue weighted by Crippen LogP contribution is -2.00. The van der Waals surface area contributed by atoms with Crippen molar-refractivity contribution >= 4 is 33.5 Å². The molecular formula is C22H22O4S. The zero-order valence-corrected chi connectivity index (χ0v) is 16.5. The summed E-state index contributed by atoms with van der Waals surface area (Å²) >= 11 is 0. The summed E-state index contributed by atoms with van der Waals surface area (Å²) in [7, 11) is -1.89. The van der Waals surface area contributed by atoms with Crippen LogP contribution < -0.4 is 0 Å². The monoisotopic (exact) mass is 382 g/mol. The first kappa shape index (κ1) is 19.1. The summed E-state index contributed by atoms with van der Waals surface area (Å²) in [6.45, 7) is 2.11. The van der Waals surface area contributed by atoms with E-state index in [0.29, 0.717) is 10.5 Å². The van der Waals surface area contributed by atoms with Gasteiger partial charge in [0.15, 0.2) is 9.84 Å². The summed E-state index contributed by atoms with van der Waals surface area (Å²) in [5, 5.41) is 0. The van der Waals surface area contributed by atoms with Crippen molar-refractivity contribution in [3.8, 4) is 0 Å². The molecule has 0 unspecified atom stereocenters. The van der Waals surface area contributed by atoms with Crippen LogP contribution in [0.2, 0.25) is 0 Å². The highest BCUT2D eigenvalue weighted by Gasteiger charge is 2.20. The Morgan fingerprint density at radius 1 is 1.15 bits per heavy atom. The molecule has 4 nitrogen and oxygen atoms in total. The molecule has 1 aliphatic carbocycles. The number of fused-ring (bicyclic) bond motifs is 1. The van der Waals surface area contributed by atoms with Gasteiger partial charge in [-0.1, -0.05) is 37.6 Å². The van der Waals surface area contributed by atoms with Gasteiger partial charge < -0.3 is 4.74 Å². The second-order valence-electron chi connectivity index (χ2n) is 6.62. The van der Waals surface area contributed by atoms with Gasteiger partial charge in [0.05, 0.1) is 17.6 Å². The molecule has 0 radical (unpaired) electrons. The van der Waals surface area contributed by atoms with Gasteiger partial charge in [0, 0.05) is 6.26 Å². The molecule has 0 spiro atoms. The lowest BCUT2D eigenvalue weighted by atomic mass is 9.97. The van der Waals surface area contributed by atoms with Crippen LogP contribution >= 0.6 is 0 Å². The Hall–Kier alpha value is -2.66. The molecule has 0 bridgehead atoms. The summed E-state index contributed by atoms with van der Waals surface area (Å²) in [4.78, 5) is 12.1. The van der Waals surface area contributed by atoms with E-state index in [1.54, 1.807) is 24.3 Å². The second-order valence-corrected chi connectivity index (χ2v) is 8.63. The normalized spacial score (nSPS) is 14.8. The predicted molar refractivity (Wildman–Crippen MR) is 108 cm³/mol. The van der Waals surface area contributed by atoms with Gasteiger partial charge in [-0.3, -0.25) is 0 Å². The minimum absolute atomic E-state index is 0.322. The second kappa shape index (κ2) is 7.53. The van der Waals surface area contributed by atoms with Gasteiger partial charge in [-0.15, -0.1) is 0 Å². The zero-order valence-electron chi connectivity index (χ0n) is 15.7. The molecular weight excluding hydrogens is 360 g/mol. The van der Waals surface area contributed by atoms with Crippen LogP contribution in [0.4, 0.5) is 0 Å². The maximum Gasteiger partial charge on any atom is 0.337 e. The van der Waals surface area contributed by atoms with Crippen molar-refractivity contribution in [2.75, 3.05) is 13.4 Å². The van der Waals surface area contributed by atoms with Crippen molar-refractivity contribution in [3.63, 3.8) is 0 Å². The highest BCUT2D eigenvalue weighted by molar-refractivity contribution is 7.90. The molecule has 0 saturated carbocycles. The minimum Gasteiger partial charge on any atom is -0.465 e. The Morgan fingerprint density at radius 3 is 2.59 bits per heavy atom. The molecule has 1 aliphatic rings. The first-order valence-electron chi connectivity index (χ1n) is 8.79. The molecule has 3 rings (SSSR count). The van der Waals surface area contributed by atoms with E-state index in [2.05, 4.69) is 13.0 Å². The third-order valence-corrected chi connectivity index (χ3v) is 5.67. The van der Waals surface area contributed by atoms with Crippen molar-refractivity contribution in [1.82, 2.24) is 0 Å². The fourth-order valence-corrected chi connectivity index (χ4v) is 3.92. The molecule has 0 aliphatic heterocycles. The zero-order chi connectivity index (χ0) is 19.6. The molecule has 0 saturated heterocycles. The summed E-state index contributed by atoms with van der Waals surface area (Å²) in [5.41, 5.74) is 5.55. The van der Waals surface area contributed by atoms with Gasteiger partial charge in [0.25, 0.3) is 0 Å². The van der Waals surface area contributed by atoms with E-state index >= 15 is 0 Å². The first-order valence-corrected chi connectivity index (χ1v) is 10.7. The molecule has 0 atom stereocenters. The van der Waals surface area contributed by atoms with Crippen LogP contribution in [0.3, 0.4) is 0 Å². The number of ether oxygens (including phenoxy) is 1. The van der Waals surface area contributed by atoms with Crippen molar-refractivity contribution in [2.45, 2.75) is 24.7 Å². The SMILES string of the molecule is CCCC1=Cc2cc(S(C)(=O)=O)ccc2/C1=C\c1cccc(C(=O)OC)c1. The van der Waals surface area contributed by atoms with Crippen molar-refractivity contribution in [2.24, 2.45) is 0 Å². The molecule has 2 aromatic carbocycles. The van der Waals surface area contributed by atoms with Crippen molar-refractivity contribution in [1.29, 1.82) is 0 Å². The summed E-state index contributed by atoms with van der Waals surface area (Å²) < 4.78 is 28.5. The summed E-state index contributed by atoms with van der Waals surface area (Å²) in [5.74, 6) is -0.371. The Kier molecular flexibility index (Phi) is 5.33. The standard InChI is InChI=1S/C22H22O4S/c1-4-6-16-13-18-14-19(27(3,24)25)9-10-20(18)21(16)12-15-7-5-8-17(11-15)22(23)26-2/h5,7-14H,4,6H2,1-3H3/b21-12-. The van der Waals surface area contributed by atoms with E-state index in [4.69, 9.17) is 4.74 Å². The topological polar surface area (TPSA) is 60.4 Å². The molecule has 0 amide bonds. The third-order valence-electron chi connectivity index (χ3n) is 4.56. The van der Waals surface area contributed by atoms with Gasteiger partial charge in [-0.05, 0) is 64.6 Å². The van der Waals surface area contributed by atoms with Crippen LogP contribution in [-0.4, -0.2) is 27.8 Å². The summed E-state index contributed by atoms with van der Waals surface area (Å²) in [6, 6.07) is 12.5. The molecule has 5 heteroatoms. The van der Waals surface area contributed by atoms with Crippen molar-refractivity contribution < 1.29 is 17.9 Å².